The van der Waals surface area contributed by atoms with Crippen molar-refractivity contribution in [3.63, 3.8) is 0 Å². The van der Waals surface area contributed by atoms with Gasteiger partial charge in [0.15, 0.2) is 5.75 Å². The molecule has 17 heavy (non-hydrogen) atoms. The Hall–Kier alpha value is -0.990. The van der Waals surface area contributed by atoms with Crippen molar-refractivity contribution in [1.82, 2.24) is 4.98 Å². The van der Waals surface area contributed by atoms with Crippen LogP contribution in [0.4, 0.5) is 26.3 Å². The van der Waals surface area contributed by atoms with Crippen molar-refractivity contribution in [3.05, 3.63) is 21.9 Å². The molecule has 1 rings (SSSR count). The SMILES string of the molecule is Cc1cc(C(F)(F)F)nc(Br)c1OC(F)(F)F. The summed E-state index contributed by atoms with van der Waals surface area (Å²) in [5, 5.41) is 0. The molecule has 1 heterocycles. The molecule has 0 atom stereocenters. The second kappa shape index (κ2) is 4.35. The quantitative estimate of drug-likeness (QED) is 0.574. The molecule has 0 bridgehead atoms. The zero-order valence-electron chi connectivity index (χ0n) is 8.08. The van der Waals surface area contributed by atoms with Crippen LogP contribution in [0.5, 0.6) is 5.75 Å². The summed E-state index contributed by atoms with van der Waals surface area (Å²) in [5.74, 6) is -0.787. The van der Waals surface area contributed by atoms with E-state index >= 15 is 0 Å². The summed E-state index contributed by atoms with van der Waals surface area (Å²) in [7, 11) is 0. The molecule has 2 nitrogen and oxygen atoms in total. The van der Waals surface area contributed by atoms with Gasteiger partial charge in [-0.25, -0.2) is 4.98 Å². The van der Waals surface area contributed by atoms with Crippen LogP contribution in [-0.4, -0.2) is 11.3 Å². The predicted molar refractivity (Wildman–Crippen MR) is 48.4 cm³/mol. The van der Waals surface area contributed by atoms with E-state index in [0.717, 1.165) is 6.92 Å². The molecule has 0 aliphatic rings. The number of ether oxygens (including phenoxy) is 1. The normalized spacial score (nSPS) is 12.7. The maximum Gasteiger partial charge on any atom is 0.573 e. The lowest BCUT2D eigenvalue weighted by Gasteiger charge is -2.14. The van der Waals surface area contributed by atoms with E-state index < -0.39 is 28.6 Å². The third kappa shape index (κ3) is 3.76. The van der Waals surface area contributed by atoms with Crippen molar-refractivity contribution in [2.24, 2.45) is 0 Å². The molecule has 9 heteroatoms. The lowest BCUT2D eigenvalue weighted by Crippen LogP contribution is -2.19. The van der Waals surface area contributed by atoms with E-state index in [1.807, 2.05) is 0 Å². The summed E-state index contributed by atoms with van der Waals surface area (Å²) >= 11 is 2.51. The molecular formula is C8H4BrF6NO. The van der Waals surface area contributed by atoms with Gasteiger partial charge in [0.2, 0.25) is 0 Å². The molecule has 0 amide bonds. The molecule has 0 N–H and O–H groups in total. The van der Waals surface area contributed by atoms with Crippen molar-refractivity contribution in [1.29, 1.82) is 0 Å². The highest BCUT2D eigenvalue weighted by Crippen LogP contribution is 2.36. The van der Waals surface area contributed by atoms with E-state index in [1.165, 1.54) is 0 Å². The first-order chi connectivity index (χ1) is 7.50. The van der Waals surface area contributed by atoms with Gasteiger partial charge in [-0.15, -0.1) is 13.2 Å². The molecule has 0 aliphatic heterocycles. The van der Waals surface area contributed by atoms with Gasteiger partial charge in [-0.05, 0) is 34.5 Å². The molecule has 0 unspecified atom stereocenters. The molecule has 1 aromatic rings. The van der Waals surface area contributed by atoms with Crippen LogP contribution in [0, 0.1) is 6.92 Å². The molecule has 1 aromatic heterocycles. The second-order valence-corrected chi connectivity index (χ2v) is 3.74. The molecule has 0 aliphatic carbocycles. The van der Waals surface area contributed by atoms with Crippen molar-refractivity contribution < 1.29 is 31.1 Å². The topological polar surface area (TPSA) is 22.1 Å². The van der Waals surface area contributed by atoms with Gasteiger partial charge in [0, 0.05) is 0 Å². The Morgan fingerprint density at radius 2 is 1.71 bits per heavy atom. The number of alkyl halides is 6. The summed E-state index contributed by atoms with van der Waals surface area (Å²) in [6.45, 7) is 1.06. The Balaban J connectivity index is 3.20. The van der Waals surface area contributed by atoms with E-state index in [0.29, 0.717) is 6.07 Å². The van der Waals surface area contributed by atoms with Gasteiger partial charge < -0.3 is 4.74 Å². The van der Waals surface area contributed by atoms with Gasteiger partial charge in [-0.2, -0.15) is 13.2 Å². The standard InChI is InChI=1S/C8H4BrF6NO/c1-3-2-4(7(10,11)12)16-6(9)5(3)17-8(13,14)15/h2H,1H3. The van der Waals surface area contributed by atoms with Gasteiger partial charge >= 0.3 is 12.5 Å². The predicted octanol–water partition coefficient (Wildman–Crippen LogP) is 4.07. The van der Waals surface area contributed by atoms with Crippen LogP contribution in [0.1, 0.15) is 11.3 Å². The maximum atomic E-state index is 12.3. The fraction of sp³-hybridized carbons (Fsp3) is 0.375. The Morgan fingerprint density at radius 3 is 2.06 bits per heavy atom. The van der Waals surface area contributed by atoms with Crippen LogP contribution < -0.4 is 4.74 Å². The fourth-order valence-electron chi connectivity index (χ4n) is 1.01. The monoisotopic (exact) mass is 323 g/mol. The summed E-state index contributed by atoms with van der Waals surface area (Å²) in [5.41, 5.74) is -1.62. The average molecular weight is 324 g/mol. The van der Waals surface area contributed by atoms with E-state index in [2.05, 4.69) is 25.7 Å². The number of halogens is 7. The summed E-state index contributed by atoms with van der Waals surface area (Å²) in [4.78, 5) is 2.96. The zero-order valence-corrected chi connectivity index (χ0v) is 9.66. The first-order valence-electron chi connectivity index (χ1n) is 4.01. The number of hydrogen-bond acceptors (Lipinski definition) is 2. The Morgan fingerprint density at radius 1 is 1.18 bits per heavy atom. The number of aromatic nitrogens is 1. The van der Waals surface area contributed by atoms with Gasteiger partial charge in [0.1, 0.15) is 10.3 Å². The molecular weight excluding hydrogens is 320 g/mol. The van der Waals surface area contributed by atoms with E-state index in [-0.39, 0.29) is 5.56 Å². The largest absolute Gasteiger partial charge is 0.573 e. The van der Waals surface area contributed by atoms with Gasteiger partial charge in [0.25, 0.3) is 0 Å². The van der Waals surface area contributed by atoms with E-state index in [9.17, 15) is 26.3 Å². The summed E-state index contributed by atoms with van der Waals surface area (Å²) < 4.78 is 75.5. The van der Waals surface area contributed by atoms with Crippen molar-refractivity contribution in [3.8, 4) is 5.75 Å². The van der Waals surface area contributed by atoms with Crippen LogP contribution >= 0.6 is 15.9 Å². The average Bonchev–Trinajstić information content (AvgIpc) is 2.07. The van der Waals surface area contributed by atoms with Crippen LogP contribution in [0.25, 0.3) is 0 Å². The van der Waals surface area contributed by atoms with Crippen molar-refractivity contribution in [2.75, 3.05) is 0 Å². The van der Waals surface area contributed by atoms with E-state index in [4.69, 9.17) is 0 Å². The second-order valence-electron chi connectivity index (χ2n) is 2.99. The highest BCUT2D eigenvalue weighted by atomic mass is 79.9. The molecule has 0 spiro atoms. The van der Waals surface area contributed by atoms with Gasteiger partial charge in [-0.1, -0.05) is 0 Å². The summed E-state index contributed by atoms with van der Waals surface area (Å²) in [6.07, 6.45) is -9.72. The minimum Gasteiger partial charge on any atom is -0.403 e. The fourth-order valence-corrected chi connectivity index (χ4v) is 1.59. The minimum atomic E-state index is -4.99. The zero-order chi connectivity index (χ0) is 13.4. The molecule has 96 valence electrons. The number of nitrogens with zero attached hydrogens (tertiary/aromatic N) is 1. The number of pyridine rings is 1. The van der Waals surface area contributed by atoms with Crippen LogP contribution in [-0.2, 0) is 6.18 Å². The van der Waals surface area contributed by atoms with Gasteiger partial charge in [0.05, 0.1) is 0 Å². The third-order valence-corrected chi connectivity index (χ3v) is 2.16. The smallest absolute Gasteiger partial charge is 0.403 e. The molecule has 0 aromatic carbocycles. The highest BCUT2D eigenvalue weighted by Gasteiger charge is 2.36. The van der Waals surface area contributed by atoms with E-state index in [1.54, 1.807) is 0 Å². The van der Waals surface area contributed by atoms with Crippen LogP contribution in [0.2, 0.25) is 0 Å². The molecule has 0 saturated heterocycles. The Kier molecular flexibility index (Phi) is 3.60. The molecule has 0 radical (unpaired) electrons. The number of hydrogen-bond donors (Lipinski definition) is 0. The van der Waals surface area contributed by atoms with Crippen LogP contribution in [0.3, 0.4) is 0 Å². The third-order valence-electron chi connectivity index (χ3n) is 1.63. The Bertz CT molecular complexity index is 404. The maximum absolute atomic E-state index is 12.3. The molecule has 0 saturated carbocycles. The lowest BCUT2D eigenvalue weighted by molar-refractivity contribution is -0.275. The number of aryl methyl sites for hydroxylation is 1. The minimum absolute atomic E-state index is 0.323. The lowest BCUT2D eigenvalue weighted by atomic mass is 10.2. The van der Waals surface area contributed by atoms with Crippen molar-refractivity contribution in [2.45, 2.75) is 19.5 Å². The first kappa shape index (κ1) is 14.1. The first-order valence-corrected chi connectivity index (χ1v) is 4.80. The highest BCUT2D eigenvalue weighted by molar-refractivity contribution is 9.10. The van der Waals surface area contributed by atoms with Gasteiger partial charge in [-0.3, -0.25) is 0 Å². The van der Waals surface area contributed by atoms with Crippen molar-refractivity contribution >= 4 is 15.9 Å². The Labute approximate surface area is 99.7 Å². The number of rotatable bonds is 1. The summed E-state index contributed by atoms with van der Waals surface area (Å²) in [6, 6.07) is 0.478. The van der Waals surface area contributed by atoms with Crippen LogP contribution in [0.15, 0.2) is 10.7 Å². The molecule has 0 fully saturated rings.